The third-order valence-corrected chi connectivity index (χ3v) is 3.71. The summed E-state index contributed by atoms with van der Waals surface area (Å²) in [5.74, 6) is 3.70. The summed E-state index contributed by atoms with van der Waals surface area (Å²) >= 11 is 0. The first-order valence-electron chi connectivity index (χ1n) is 7.68. The molecule has 0 saturated carbocycles. The fourth-order valence-electron chi connectivity index (χ4n) is 2.44. The first-order chi connectivity index (χ1) is 10.3. The van der Waals surface area contributed by atoms with Gasteiger partial charge in [0.25, 0.3) is 0 Å². The van der Waals surface area contributed by atoms with Crippen molar-refractivity contribution in [2.45, 2.75) is 26.2 Å². The highest BCUT2D eigenvalue weighted by atomic mass is 35.5. The van der Waals surface area contributed by atoms with Gasteiger partial charge in [-0.2, -0.15) is 0 Å². The van der Waals surface area contributed by atoms with Crippen LogP contribution in [0.4, 0.5) is 0 Å². The van der Waals surface area contributed by atoms with Crippen molar-refractivity contribution in [3.63, 3.8) is 0 Å². The van der Waals surface area contributed by atoms with Crippen LogP contribution in [0.3, 0.4) is 0 Å². The second-order valence-corrected chi connectivity index (χ2v) is 5.04. The average molecular weight is 314 g/mol. The third kappa shape index (κ3) is 5.13. The molecule has 22 heavy (non-hydrogen) atoms. The van der Waals surface area contributed by atoms with Gasteiger partial charge in [-0.3, -0.25) is 0 Å². The molecule has 0 N–H and O–H groups in total. The second-order valence-electron chi connectivity index (χ2n) is 5.04. The van der Waals surface area contributed by atoms with Gasteiger partial charge >= 0.3 is 0 Å². The van der Waals surface area contributed by atoms with Crippen LogP contribution in [0, 0.1) is 12.0 Å². The zero-order chi connectivity index (χ0) is 14.9. The monoisotopic (exact) mass is 313 g/mol. The summed E-state index contributed by atoms with van der Waals surface area (Å²) in [4.78, 5) is 2.15. The highest BCUT2D eigenvalue weighted by molar-refractivity contribution is 5.85. The van der Waals surface area contributed by atoms with Gasteiger partial charge in [-0.15, -0.1) is 12.4 Å². The van der Waals surface area contributed by atoms with E-state index in [1.165, 1.54) is 11.1 Å². The van der Waals surface area contributed by atoms with Crippen molar-refractivity contribution in [1.82, 2.24) is 4.90 Å². The Morgan fingerprint density at radius 2 is 1.27 bits per heavy atom. The first kappa shape index (κ1) is 18.1. The molecule has 2 rings (SSSR count). The SMILES string of the molecule is CCN(C#CCC(c1ccccc1)c1ccccc1)CC.Cl. The molecule has 0 aliphatic carbocycles. The van der Waals surface area contributed by atoms with Crippen LogP contribution in [-0.2, 0) is 0 Å². The van der Waals surface area contributed by atoms with E-state index in [1.54, 1.807) is 0 Å². The maximum Gasteiger partial charge on any atom is 0.0232 e. The molecule has 2 heteroatoms. The number of benzene rings is 2. The van der Waals surface area contributed by atoms with Crippen LogP contribution in [0.1, 0.15) is 37.3 Å². The summed E-state index contributed by atoms with van der Waals surface area (Å²) in [5, 5.41) is 0. The van der Waals surface area contributed by atoms with E-state index in [4.69, 9.17) is 0 Å². The Bertz CT molecular complexity index is 540. The fourth-order valence-corrected chi connectivity index (χ4v) is 2.44. The topological polar surface area (TPSA) is 3.24 Å². The van der Waals surface area contributed by atoms with Crippen molar-refractivity contribution in [3.8, 4) is 12.0 Å². The van der Waals surface area contributed by atoms with Crippen molar-refractivity contribution < 1.29 is 0 Å². The molecule has 0 amide bonds. The minimum absolute atomic E-state index is 0. The molecule has 0 aliphatic rings. The Labute approximate surface area is 140 Å². The lowest BCUT2D eigenvalue weighted by molar-refractivity contribution is 0.443. The van der Waals surface area contributed by atoms with Crippen LogP contribution in [0.5, 0.6) is 0 Å². The number of halogens is 1. The van der Waals surface area contributed by atoms with Crippen LogP contribution < -0.4 is 0 Å². The number of rotatable bonds is 5. The molecular formula is C20H24ClN. The van der Waals surface area contributed by atoms with E-state index >= 15 is 0 Å². The largest absolute Gasteiger partial charge is 0.333 e. The van der Waals surface area contributed by atoms with Gasteiger partial charge in [-0.25, -0.2) is 0 Å². The van der Waals surface area contributed by atoms with Gasteiger partial charge < -0.3 is 4.90 Å². The molecule has 116 valence electrons. The van der Waals surface area contributed by atoms with Crippen LogP contribution >= 0.6 is 12.4 Å². The van der Waals surface area contributed by atoms with Gasteiger partial charge in [-0.05, 0) is 25.0 Å². The normalized spacial score (nSPS) is 9.59. The Morgan fingerprint density at radius 1 is 0.818 bits per heavy atom. The molecule has 0 spiro atoms. The van der Waals surface area contributed by atoms with Gasteiger partial charge in [0, 0.05) is 31.5 Å². The summed E-state index contributed by atoms with van der Waals surface area (Å²) < 4.78 is 0. The Morgan fingerprint density at radius 3 is 1.68 bits per heavy atom. The zero-order valence-electron chi connectivity index (χ0n) is 13.3. The molecule has 2 aromatic carbocycles. The molecule has 0 unspecified atom stereocenters. The molecule has 0 fully saturated rings. The molecule has 2 aromatic rings. The van der Waals surface area contributed by atoms with Crippen molar-refractivity contribution in [2.24, 2.45) is 0 Å². The Kier molecular flexibility index (Phi) is 8.18. The van der Waals surface area contributed by atoms with Crippen LogP contribution in [0.2, 0.25) is 0 Å². The van der Waals surface area contributed by atoms with E-state index < -0.39 is 0 Å². The van der Waals surface area contributed by atoms with Crippen LogP contribution in [0.15, 0.2) is 60.7 Å². The van der Waals surface area contributed by atoms with E-state index in [-0.39, 0.29) is 12.4 Å². The predicted octanol–water partition coefficient (Wildman–Crippen LogP) is 4.93. The smallest absolute Gasteiger partial charge is 0.0232 e. The maximum atomic E-state index is 3.36. The van der Waals surface area contributed by atoms with Gasteiger partial charge in [0.2, 0.25) is 0 Å². The quantitative estimate of drug-likeness (QED) is 0.558. The molecule has 0 atom stereocenters. The van der Waals surface area contributed by atoms with Gasteiger partial charge in [-0.1, -0.05) is 66.6 Å². The summed E-state index contributed by atoms with van der Waals surface area (Å²) in [6, 6.07) is 24.6. The Hall–Kier alpha value is -1.91. The van der Waals surface area contributed by atoms with Crippen molar-refractivity contribution in [2.75, 3.05) is 13.1 Å². The van der Waals surface area contributed by atoms with Crippen LogP contribution in [0.25, 0.3) is 0 Å². The molecular weight excluding hydrogens is 290 g/mol. The zero-order valence-corrected chi connectivity index (χ0v) is 14.1. The lowest BCUT2D eigenvalue weighted by Crippen LogP contribution is -2.16. The van der Waals surface area contributed by atoms with E-state index in [2.05, 4.69) is 91.4 Å². The summed E-state index contributed by atoms with van der Waals surface area (Å²) in [5.41, 5.74) is 2.66. The molecule has 0 aliphatic heterocycles. The van der Waals surface area contributed by atoms with E-state index in [0.717, 1.165) is 19.5 Å². The number of hydrogen-bond donors (Lipinski definition) is 0. The van der Waals surface area contributed by atoms with Crippen molar-refractivity contribution >= 4 is 12.4 Å². The summed E-state index contributed by atoms with van der Waals surface area (Å²) in [7, 11) is 0. The lowest BCUT2D eigenvalue weighted by atomic mass is 9.89. The number of hydrogen-bond acceptors (Lipinski definition) is 1. The molecule has 0 aromatic heterocycles. The number of nitrogens with zero attached hydrogens (tertiary/aromatic N) is 1. The van der Waals surface area contributed by atoms with Gasteiger partial charge in [0.1, 0.15) is 0 Å². The second kappa shape index (κ2) is 9.92. The molecule has 0 bridgehead atoms. The molecule has 0 saturated heterocycles. The maximum absolute atomic E-state index is 3.36. The van der Waals surface area contributed by atoms with Crippen LogP contribution in [-0.4, -0.2) is 18.0 Å². The average Bonchev–Trinajstić information content (AvgIpc) is 2.57. The highest BCUT2D eigenvalue weighted by Crippen LogP contribution is 2.27. The van der Waals surface area contributed by atoms with Gasteiger partial charge in [0.15, 0.2) is 0 Å². The summed E-state index contributed by atoms with van der Waals surface area (Å²) in [6.45, 7) is 6.24. The third-order valence-electron chi connectivity index (χ3n) is 3.71. The van der Waals surface area contributed by atoms with E-state index in [0.29, 0.717) is 5.92 Å². The minimum Gasteiger partial charge on any atom is -0.333 e. The molecule has 0 radical (unpaired) electrons. The molecule has 1 nitrogen and oxygen atoms in total. The minimum atomic E-state index is 0. The highest BCUT2D eigenvalue weighted by Gasteiger charge is 2.12. The van der Waals surface area contributed by atoms with Crippen molar-refractivity contribution in [1.29, 1.82) is 0 Å². The Balaban J connectivity index is 0.00000242. The first-order valence-corrected chi connectivity index (χ1v) is 7.68. The lowest BCUT2D eigenvalue weighted by Gasteiger charge is -2.16. The van der Waals surface area contributed by atoms with Crippen molar-refractivity contribution in [3.05, 3.63) is 71.8 Å². The standard InChI is InChI=1S/C20H23N.ClH/c1-3-21(4-2)17-11-16-20(18-12-7-5-8-13-18)19-14-9-6-10-15-19;/h5-10,12-15,20H,3-4,16H2,1-2H3;1H. The van der Waals surface area contributed by atoms with E-state index in [1.807, 2.05) is 0 Å². The predicted molar refractivity (Wildman–Crippen MR) is 97.3 cm³/mol. The molecule has 0 heterocycles. The van der Waals surface area contributed by atoms with E-state index in [9.17, 15) is 0 Å². The fraction of sp³-hybridized carbons (Fsp3) is 0.300. The van der Waals surface area contributed by atoms with Gasteiger partial charge in [0.05, 0.1) is 0 Å². The summed E-state index contributed by atoms with van der Waals surface area (Å²) in [6.07, 6.45) is 0.852.